The van der Waals surface area contributed by atoms with Crippen molar-refractivity contribution in [1.29, 1.82) is 0 Å². The SMILES string of the molecule is O=c1[nH]c(=S)n(Cc2ccccc2)c(O)c1/C=c1\ccc(=c2ccc(=C3N=NN=N3)cc2)[nH]1. The van der Waals surface area contributed by atoms with Crippen molar-refractivity contribution < 1.29 is 5.11 Å². The lowest BCUT2D eigenvalue weighted by Crippen LogP contribution is -2.19. The van der Waals surface area contributed by atoms with Gasteiger partial charge >= 0.3 is 0 Å². The highest BCUT2D eigenvalue weighted by Crippen LogP contribution is 2.16. The third kappa shape index (κ3) is 4.19. The van der Waals surface area contributed by atoms with E-state index < -0.39 is 5.56 Å². The van der Waals surface area contributed by atoms with Crippen molar-refractivity contribution in [3.8, 4) is 5.88 Å². The lowest BCUT2D eigenvalue weighted by Gasteiger charge is -2.11. The maximum absolute atomic E-state index is 12.5. The van der Waals surface area contributed by atoms with Crippen molar-refractivity contribution in [2.45, 2.75) is 6.54 Å². The standard InChI is InChI=1S/C23H17N7O2S/c31-21-18(22(32)30(23(33)25-21)13-14-4-2-1-3-5-14)12-17-10-11-19(24-17)15-6-8-16(9-7-15)20-26-28-29-27-20/h1-12,24,32H,13H2,(H,25,31,33)/b17-12+. The molecule has 0 saturated heterocycles. The number of nitrogens with one attached hydrogen (secondary N) is 2. The van der Waals surface area contributed by atoms with E-state index in [4.69, 9.17) is 12.2 Å². The molecule has 0 spiro atoms. The minimum absolute atomic E-state index is 0.122. The van der Waals surface area contributed by atoms with Crippen molar-refractivity contribution in [3.05, 3.63) is 114 Å². The van der Waals surface area contributed by atoms with Gasteiger partial charge in [0, 0.05) is 15.9 Å². The van der Waals surface area contributed by atoms with Crippen LogP contribution in [0.1, 0.15) is 11.1 Å². The number of rotatable bonds is 3. The molecule has 0 saturated carbocycles. The van der Waals surface area contributed by atoms with Crippen LogP contribution in [0.15, 0.2) is 92.2 Å². The third-order valence-electron chi connectivity index (χ3n) is 5.17. The molecule has 1 aliphatic rings. The average molecular weight is 456 g/mol. The van der Waals surface area contributed by atoms with Gasteiger partial charge in [0.25, 0.3) is 5.56 Å². The van der Waals surface area contributed by atoms with E-state index in [-0.39, 0.29) is 16.2 Å². The van der Waals surface area contributed by atoms with Crippen LogP contribution in [-0.2, 0) is 6.54 Å². The van der Waals surface area contributed by atoms with Gasteiger partial charge in [-0.25, -0.2) is 0 Å². The molecule has 10 heteroatoms. The molecule has 3 N–H and O–H groups in total. The van der Waals surface area contributed by atoms with E-state index in [1.165, 1.54) is 4.57 Å². The summed E-state index contributed by atoms with van der Waals surface area (Å²) in [6.45, 7) is 0.337. The molecule has 0 radical (unpaired) electrons. The Kier molecular flexibility index (Phi) is 5.33. The molecular weight excluding hydrogens is 438 g/mol. The smallest absolute Gasteiger partial charge is 0.262 e. The zero-order chi connectivity index (χ0) is 22.8. The fraction of sp³-hybridized carbons (Fsp3) is 0.0435. The minimum Gasteiger partial charge on any atom is -0.494 e. The second kappa shape index (κ2) is 8.60. The molecule has 2 aromatic heterocycles. The summed E-state index contributed by atoms with van der Waals surface area (Å²) in [5, 5.41) is 28.8. The molecule has 0 unspecified atom stereocenters. The first-order valence-corrected chi connectivity index (χ1v) is 10.4. The molecule has 3 heterocycles. The number of hydrogen-bond acceptors (Lipinski definition) is 7. The predicted molar refractivity (Wildman–Crippen MR) is 124 cm³/mol. The van der Waals surface area contributed by atoms with Crippen LogP contribution in [0, 0.1) is 15.3 Å². The van der Waals surface area contributed by atoms with Gasteiger partial charge in [-0.15, -0.1) is 10.2 Å². The monoisotopic (exact) mass is 455 g/mol. The number of aromatic hydroxyl groups is 1. The van der Waals surface area contributed by atoms with Crippen molar-refractivity contribution in [3.63, 3.8) is 0 Å². The lowest BCUT2D eigenvalue weighted by atomic mass is 10.2. The van der Waals surface area contributed by atoms with Gasteiger partial charge in [-0.3, -0.25) is 14.3 Å². The summed E-state index contributed by atoms with van der Waals surface area (Å²) in [7, 11) is 0. The first-order chi connectivity index (χ1) is 16.1. The Morgan fingerprint density at radius 2 is 1.61 bits per heavy atom. The minimum atomic E-state index is -0.459. The highest BCUT2D eigenvalue weighted by atomic mass is 32.1. The van der Waals surface area contributed by atoms with Crippen LogP contribution in [0.3, 0.4) is 0 Å². The number of aromatic nitrogens is 3. The van der Waals surface area contributed by atoms with E-state index in [1.807, 2.05) is 66.7 Å². The molecule has 0 atom stereocenters. The first kappa shape index (κ1) is 20.5. The Hall–Kier alpha value is -4.44. The molecule has 4 aromatic rings. The number of aromatic amines is 2. The second-order valence-electron chi connectivity index (χ2n) is 7.32. The first-order valence-electron chi connectivity index (χ1n) is 10.0. The van der Waals surface area contributed by atoms with Gasteiger partial charge < -0.3 is 10.1 Å². The largest absolute Gasteiger partial charge is 0.494 e. The van der Waals surface area contributed by atoms with E-state index in [0.717, 1.165) is 21.3 Å². The molecule has 0 bridgehead atoms. The summed E-state index contributed by atoms with van der Waals surface area (Å²) in [6, 6.07) is 20.9. The van der Waals surface area contributed by atoms with Gasteiger partial charge in [-0.2, -0.15) is 0 Å². The summed E-state index contributed by atoms with van der Waals surface area (Å²) >= 11 is 5.27. The van der Waals surface area contributed by atoms with E-state index in [9.17, 15) is 9.90 Å². The predicted octanol–water partition coefficient (Wildman–Crippen LogP) is 3.00. The molecule has 0 aliphatic carbocycles. The van der Waals surface area contributed by atoms with Crippen LogP contribution >= 0.6 is 12.2 Å². The van der Waals surface area contributed by atoms with Crippen molar-refractivity contribution >= 4 is 24.1 Å². The Bertz CT molecular complexity index is 1710. The Balaban J connectivity index is 1.58. The molecule has 5 rings (SSSR count). The Morgan fingerprint density at radius 3 is 2.33 bits per heavy atom. The summed E-state index contributed by atoms with van der Waals surface area (Å²) < 4.78 is 1.65. The van der Waals surface area contributed by atoms with E-state index in [1.54, 1.807) is 6.08 Å². The van der Waals surface area contributed by atoms with Crippen molar-refractivity contribution in [2.75, 3.05) is 0 Å². The van der Waals surface area contributed by atoms with E-state index in [0.29, 0.717) is 17.7 Å². The third-order valence-corrected chi connectivity index (χ3v) is 5.49. The van der Waals surface area contributed by atoms with Crippen LogP contribution in [0.2, 0.25) is 0 Å². The van der Waals surface area contributed by atoms with Gasteiger partial charge in [0.05, 0.1) is 6.54 Å². The summed E-state index contributed by atoms with van der Waals surface area (Å²) in [4.78, 5) is 18.4. The van der Waals surface area contributed by atoms with Crippen LogP contribution in [0.5, 0.6) is 5.88 Å². The molecular formula is C23H17N7O2S. The van der Waals surface area contributed by atoms with E-state index in [2.05, 4.69) is 30.6 Å². The Labute approximate surface area is 191 Å². The summed E-state index contributed by atoms with van der Waals surface area (Å²) in [5.74, 6) is 0.274. The highest BCUT2D eigenvalue weighted by Gasteiger charge is 2.11. The maximum Gasteiger partial charge on any atom is 0.262 e. The van der Waals surface area contributed by atoms with Crippen molar-refractivity contribution in [1.82, 2.24) is 14.5 Å². The summed E-state index contributed by atoms with van der Waals surface area (Å²) in [6.07, 6.45) is 1.59. The fourth-order valence-electron chi connectivity index (χ4n) is 3.50. The normalized spacial score (nSPS) is 13.2. The van der Waals surface area contributed by atoms with Crippen LogP contribution in [0.4, 0.5) is 0 Å². The molecule has 0 amide bonds. The molecule has 162 valence electrons. The quantitative estimate of drug-likeness (QED) is 0.412. The molecule has 1 aliphatic heterocycles. The molecule has 33 heavy (non-hydrogen) atoms. The van der Waals surface area contributed by atoms with Gasteiger partial charge in [-0.05, 0) is 51.7 Å². The lowest BCUT2D eigenvalue weighted by molar-refractivity contribution is 0.411. The average Bonchev–Trinajstić information content (AvgIpc) is 3.53. The molecule has 2 aromatic carbocycles. The molecule has 9 nitrogen and oxygen atoms in total. The number of nitrogens with zero attached hydrogens (tertiary/aromatic N) is 5. The van der Waals surface area contributed by atoms with Gasteiger partial charge in [0.1, 0.15) is 5.56 Å². The second-order valence-corrected chi connectivity index (χ2v) is 7.71. The van der Waals surface area contributed by atoms with Gasteiger partial charge in [0.15, 0.2) is 4.77 Å². The zero-order valence-corrected chi connectivity index (χ0v) is 18.0. The van der Waals surface area contributed by atoms with Crippen LogP contribution < -0.4 is 16.1 Å². The fourth-order valence-corrected chi connectivity index (χ4v) is 3.74. The van der Waals surface area contributed by atoms with Crippen molar-refractivity contribution in [2.24, 2.45) is 20.7 Å². The maximum atomic E-state index is 12.5. The Morgan fingerprint density at radius 1 is 0.909 bits per heavy atom. The summed E-state index contributed by atoms with van der Waals surface area (Å²) in [5.41, 5.74) is 0.613. The zero-order valence-electron chi connectivity index (χ0n) is 17.1. The number of benzene rings is 2. The van der Waals surface area contributed by atoms with Crippen LogP contribution in [-0.4, -0.2) is 19.6 Å². The number of H-pyrrole nitrogens is 2. The topological polar surface area (TPSA) is 123 Å². The number of hydrogen-bond donors (Lipinski definition) is 3. The van der Waals surface area contributed by atoms with E-state index >= 15 is 0 Å². The van der Waals surface area contributed by atoms with Crippen LogP contribution in [0.25, 0.3) is 11.9 Å². The van der Waals surface area contributed by atoms with Gasteiger partial charge in [0.2, 0.25) is 11.7 Å². The van der Waals surface area contributed by atoms with Gasteiger partial charge in [-0.1, -0.05) is 54.6 Å². The molecule has 0 fully saturated rings. The highest BCUT2D eigenvalue weighted by molar-refractivity contribution is 7.71.